The smallest absolute Gasteiger partial charge is 0.327 e. The standard InChI is InChI=1S/C6H5Cl.C3H4O2.ClH/c7-6-4-2-1-3-5-6;1-2-3(4)5;/h1-5H;2H,1H2,(H,4,5);1H. The fourth-order valence-corrected chi connectivity index (χ4v) is 0.560. The fraction of sp³-hybridized carbons (Fsp3) is 0. The second-order valence-corrected chi connectivity index (χ2v) is 2.27. The number of halogens is 2. The molecule has 13 heavy (non-hydrogen) atoms. The third-order valence-electron chi connectivity index (χ3n) is 0.908. The van der Waals surface area contributed by atoms with Gasteiger partial charge in [-0.15, -0.1) is 12.4 Å². The fourth-order valence-electron chi connectivity index (χ4n) is 0.415. The molecule has 0 amide bonds. The van der Waals surface area contributed by atoms with Crippen LogP contribution in [0.15, 0.2) is 43.0 Å². The molecule has 1 N–H and O–H groups in total. The number of hydrogen-bond donors (Lipinski definition) is 1. The second-order valence-electron chi connectivity index (χ2n) is 1.84. The van der Waals surface area contributed by atoms with Gasteiger partial charge in [0.25, 0.3) is 0 Å². The van der Waals surface area contributed by atoms with Crippen LogP contribution in [-0.2, 0) is 4.79 Å². The van der Waals surface area contributed by atoms with Crippen LogP contribution in [0.3, 0.4) is 0 Å². The van der Waals surface area contributed by atoms with E-state index in [9.17, 15) is 4.79 Å². The van der Waals surface area contributed by atoms with Gasteiger partial charge in [-0.05, 0) is 12.1 Å². The van der Waals surface area contributed by atoms with Crippen LogP contribution in [0.25, 0.3) is 0 Å². The zero-order valence-corrected chi connectivity index (χ0v) is 8.39. The largest absolute Gasteiger partial charge is 0.478 e. The predicted molar refractivity (Wildman–Crippen MR) is 56.5 cm³/mol. The molecule has 0 aliphatic carbocycles. The molecule has 0 unspecified atom stereocenters. The number of hydrogen-bond acceptors (Lipinski definition) is 1. The van der Waals surface area contributed by atoms with Gasteiger partial charge < -0.3 is 5.11 Å². The summed E-state index contributed by atoms with van der Waals surface area (Å²) in [6.07, 6.45) is 0.833. The minimum Gasteiger partial charge on any atom is -0.478 e. The van der Waals surface area contributed by atoms with E-state index in [0.29, 0.717) is 0 Å². The maximum Gasteiger partial charge on any atom is 0.327 e. The van der Waals surface area contributed by atoms with Crippen LogP contribution >= 0.6 is 24.0 Å². The number of benzene rings is 1. The molecule has 2 nitrogen and oxygen atoms in total. The van der Waals surface area contributed by atoms with E-state index in [1.165, 1.54) is 0 Å². The number of carboxylic acid groups (broad SMARTS) is 1. The zero-order valence-electron chi connectivity index (χ0n) is 6.81. The summed E-state index contributed by atoms with van der Waals surface area (Å²) in [5.41, 5.74) is 0. The van der Waals surface area contributed by atoms with E-state index in [1.807, 2.05) is 30.3 Å². The van der Waals surface area contributed by atoms with Gasteiger partial charge in [-0.25, -0.2) is 4.79 Å². The van der Waals surface area contributed by atoms with Gasteiger partial charge in [0.15, 0.2) is 0 Å². The summed E-state index contributed by atoms with van der Waals surface area (Å²) in [5.74, 6) is -0.981. The molecular weight excluding hydrogens is 211 g/mol. The summed E-state index contributed by atoms with van der Waals surface area (Å²) in [6, 6.07) is 9.44. The first-order valence-corrected chi connectivity index (χ1v) is 3.60. The van der Waals surface area contributed by atoms with Crippen molar-refractivity contribution in [3.05, 3.63) is 48.0 Å². The van der Waals surface area contributed by atoms with E-state index in [4.69, 9.17) is 16.7 Å². The SMILES string of the molecule is C=CC(=O)O.Cl.Clc1ccccc1. The van der Waals surface area contributed by atoms with Crippen LogP contribution in [0.4, 0.5) is 0 Å². The number of rotatable bonds is 1. The number of aliphatic carboxylic acids is 1. The van der Waals surface area contributed by atoms with Crippen molar-refractivity contribution in [2.24, 2.45) is 0 Å². The van der Waals surface area contributed by atoms with Crippen LogP contribution in [0.1, 0.15) is 0 Å². The molecule has 1 aromatic rings. The Morgan fingerprint density at radius 2 is 1.77 bits per heavy atom. The summed E-state index contributed by atoms with van der Waals surface area (Å²) in [7, 11) is 0. The van der Waals surface area contributed by atoms with Crippen molar-refractivity contribution >= 4 is 30.0 Å². The minimum atomic E-state index is -0.981. The quantitative estimate of drug-likeness (QED) is 0.740. The summed E-state index contributed by atoms with van der Waals surface area (Å²) in [5, 5.41) is 8.40. The van der Waals surface area contributed by atoms with Gasteiger partial charge >= 0.3 is 5.97 Å². The van der Waals surface area contributed by atoms with Crippen LogP contribution in [0, 0.1) is 0 Å². The van der Waals surface area contributed by atoms with Crippen molar-refractivity contribution in [2.45, 2.75) is 0 Å². The van der Waals surface area contributed by atoms with E-state index >= 15 is 0 Å². The van der Waals surface area contributed by atoms with E-state index < -0.39 is 5.97 Å². The zero-order chi connectivity index (χ0) is 9.40. The van der Waals surface area contributed by atoms with Crippen molar-refractivity contribution in [1.82, 2.24) is 0 Å². The lowest BCUT2D eigenvalue weighted by atomic mass is 10.4. The third-order valence-corrected chi connectivity index (χ3v) is 1.16. The van der Waals surface area contributed by atoms with Crippen LogP contribution in [0.2, 0.25) is 5.02 Å². The summed E-state index contributed by atoms with van der Waals surface area (Å²) in [6.45, 7) is 2.96. The Morgan fingerprint density at radius 3 is 1.92 bits per heavy atom. The summed E-state index contributed by atoms with van der Waals surface area (Å²) < 4.78 is 0. The number of carboxylic acids is 1. The molecule has 1 aromatic carbocycles. The van der Waals surface area contributed by atoms with E-state index in [1.54, 1.807) is 0 Å². The molecule has 0 spiro atoms. The van der Waals surface area contributed by atoms with Gasteiger partial charge in [-0.2, -0.15) is 0 Å². The molecule has 72 valence electrons. The summed E-state index contributed by atoms with van der Waals surface area (Å²) in [4.78, 5) is 9.25. The van der Waals surface area contributed by atoms with Crippen molar-refractivity contribution in [2.75, 3.05) is 0 Å². The first-order chi connectivity index (χ1) is 5.66. The third kappa shape index (κ3) is 11.0. The molecule has 0 saturated carbocycles. The highest BCUT2D eigenvalue weighted by Gasteiger charge is 1.75. The number of carbonyl (C=O) groups is 1. The van der Waals surface area contributed by atoms with Gasteiger partial charge in [0.2, 0.25) is 0 Å². The van der Waals surface area contributed by atoms with Gasteiger partial charge in [-0.3, -0.25) is 0 Å². The molecule has 0 saturated heterocycles. The molecule has 4 heteroatoms. The topological polar surface area (TPSA) is 37.3 Å². The first-order valence-electron chi connectivity index (χ1n) is 3.22. The Labute approximate surface area is 88.3 Å². The van der Waals surface area contributed by atoms with E-state index in [2.05, 4.69) is 6.58 Å². The van der Waals surface area contributed by atoms with Crippen molar-refractivity contribution in [3.63, 3.8) is 0 Å². The second kappa shape index (κ2) is 9.10. The highest BCUT2D eigenvalue weighted by molar-refractivity contribution is 6.30. The highest BCUT2D eigenvalue weighted by atomic mass is 35.5. The molecule has 0 bridgehead atoms. The molecule has 0 aliphatic heterocycles. The van der Waals surface area contributed by atoms with Gasteiger partial charge in [0.05, 0.1) is 0 Å². The van der Waals surface area contributed by atoms with Gasteiger partial charge in [-0.1, -0.05) is 36.4 Å². The average molecular weight is 221 g/mol. The van der Waals surface area contributed by atoms with Crippen LogP contribution < -0.4 is 0 Å². The highest BCUT2D eigenvalue weighted by Crippen LogP contribution is 2.03. The first kappa shape index (κ1) is 14.5. The van der Waals surface area contributed by atoms with Crippen molar-refractivity contribution in [1.29, 1.82) is 0 Å². The Balaban J connectivity index is 0. The molecule has 1 rings (SSSR count). The van der Waals surface area contributed by atoms with Gasteiger partial charge in [0.1, 0.15) is 0 Å². The normalized spacial score (nSPS) is 7.15. The molecule has 0 radical (unpaired) electrons. The molecule has 0 atom stereocenters. The molecular formula is C9H10Cl2O2. The lowest BCUT2D eigenvalue weighted by molar-refractivity contribution is -0.131. The lowest BCUT2D eigenvalue weighted by Crippen LogP contribution is -1.82. The maximum atomic E-state index is 9.25. The predicted octanol–water partition coefficient (Wildman–Crippen LogP) is 3.02. The Hall–Kier alpha value is -0.990. The Bertz CT molecular complexity index is 247. The molecule has 0 aliphatic rings. The van der Waals surface area contributed by atoms with E-state index in [-0.39, 0.29) is 12.4 Å². The van der Waals surface area contributed by atoms with Crippen LogP contribution in [-0.4, -0.2) is 11.1 Å². The monoisotopic (exact) mass is 220 g/mol. The van der Waals surface area contributed by atoms with Gasteiger partial charge in [0, 0.05) is 11.1 Å². The average Bonchev–Trinajstić information content (AvgIpc) is 2.07. The Morgan fingerprint density at radius 1 is 1.38 bits per heavy atom. The van der Waals surface area contributed by atoms with Crippen LogP contribution in [0.5, 0.6) is 0 Å². The molecule has 0 heterocycles. The lowest BCUT2D eigenvalue weighted by Gasteiger charge is -1.80. The summed E-state index contributed by atoms with van der Waals surface area (Å²) >= 11 is 5.54. The minimum absolute atomic E-state index is 0. The van der Waals surface area contributed by atoms with Crippen molar-refractivity contribution < 1.29 is 9.90 Å². The maximum absolute atomic E-state index is 9.25. The molecule has 0 aromatic heterocycles. The Kier molecular flexibility index (Phi) is 10.2. The van der Waals surface area contributed by atoms with Crippen molar-refractivity contribution in [3.8, 4) is 0 Å². The van der Waals surface area contributed by atoms with E-state index in [0.717, 1.165) is 11.1 Å². The molecule has 0 fully saturated rings.